The molecule has 24 heavy (non-hydrogen) atoms. The van der Waals surface area contributed by atoms with Gasteiger partial charge in [-0.3, -0.25) is 0 Å². The zero-order valence-electron chi connectivity index (χ0n) is 13.4. The molecule has 0 atom stereocenters. The molecule has 4 heteroatoms. The highest BCUT2D eigenvalue weighted by Gasteiger charge is 2.22. The fraction of sp³-hybridized carbons (Fsp3) is 0.250. The fourth-order valence-electron chi connectivity index (χ4n) is 3.41. The maximum Gasteiger partial charge on any atom is 0.339 e. The Hall–Kier alpha value is -2.07. The van der Waals surface area contributed by atoms with Gasteiger partial charge in [-0.1, -0.05) is 28.1 Å². The first-order chi connectivity index (χ1) is 11.6. The van der Waals surface area contributed by atoms with E-state index in [1.807, 2.05) is 43.3 Å². The number of halogens is 1. The Labute approximate surface area is 148 Å². The second kappa shape index (κ2) is 6.10. The highest BCUT2D eigenvalue weighted by Crippen LogP contribution is 2.35. The molecular weight excluding hydrogens is 368 g/mol. The van der Waals surface area contributed by atoms with Crippen LogP contribution in [0.2, 0.25) is 0 Å². The van der Waals surface area contributed by atoms with Crippen LogP contribution in [0, 0.1) is 6.92 Å². The summed E-state index contributed by atoms with van der Waals surface area (Å²) < 4.78 is 12.7. The van der Waals surface area contributed by atoms with E-state index in [4.69, 9.17) is 9.15 Å². The first-order valence-electron chi connectivity index (χ1n) is 8.08. The van der Waals surface area contributed by atoms with Crippen molar-refractivity contribution in [2.45, 2.75) is 32.8 Å². The predicted molar refractivity (Wildman–Crippen MR) is 97.7 cm³/mol. The molecule has 0 N–H and O–H groups in total. The topological polar surface area (TPSA) is 39.4 Å². The summed E-state index contributed by atoms with van der Waals surface area (Å²) in [5.74, 6) is 0.798. The number of ether oxygens (including phenoxy) is 1. The van der Waals surface area contributed by atoms with E-state index in [9.17, 15) is 4.79 Å². The van der Waals surface area contributed by atoms with Crippen molar-refractivity contribution in [3.05, 3.63) is 73.5 Å². The van der Waals surface area contributed by atoms with Gasteiger partial charge in [0.2, 0.25) is 0 Å². The minimum Gasteiger partial charge on any atom is -0.488 e. The van der Waals surface area contributed by atoms with Crippen LogP contribution >= 0.6 is 15.9 Å². The molecule has 1 aliphatic carbocycles. The molecule has 0 amide bonds. The van der Waals surface area contributed by atoms with E-state index in [2.05, 4.69) is 15.9 Å². The summed E-state index contributed by atoms with van der Waals surface area (Å²) in [6.45, 7) is 2.46. The van der Waals surface area contributed by atoms with Crippen molar-refractivity contribution >= 4 is 26.9 Å². The SMILES string of the molecule is Cc1cc(OCc2cccc(Br)c2)c2c3c(c(=O)oc2c1)CCC3. The summed E-state index contributed by atoms with van der Waals surface area (Å²) in [5, 5.41) is 0.961. The lowest BCUT2D eigenvalue weighted by Crippen LogP contribution is -2.08. The Balaban J connectivity index is 1.80. The van der Waals surface area contributed by atoms with Crippen LogP contribution in [0.5, 0.6) is 5.75 Å². The Bertz CT molecular complexity index is 988. The number of fused-ring (bicyclic) bond motifs is 3. The Morgan fingerprint density at radius 1 is 1.17 bits per heavy atom. The quantitative estimate of drug-likeness (QED) is 0.600. The third-order valence-electron chi connectivity index (χ3n) is 4.46. The largest absolute Gasteiger partial charge is 0.488 e. The van der Waals surface area contributed by atoms with E-state index >= 15 is 0 Å². The number of aryl methyl sites for hydroxylation is 2. The van der Waals surface area contributed by atoms with Gasteiger partial charge < -0.3 is 9.15 Å². The normalized spacial score (nSPS) is 13.2. The van der Waals surface area contributed by atoms with Crippen LogP contribution in [0.15, 0.2) is 50.1 Å². The van der Waals surface area contributed by atoms with Crippen molar-refractivity contribution in [2.75, 3.05) is 0 Å². The van der Waals surface area contributed by atoms with E-state index in [0.29, 0.717) is 12.2 Å². The minimum absolute atomic E-state index is 0.196. The molecule has 0 saturated carbocycles. The van der Waals surface area contributed by atoms with E-state index in [1.165, 1.54) is 0 Å². The summed E-state index contributed by atoms with van der Waals surface area (Å²) in [7, 11) is 0. The van der Waals surface area contributed by atoms with E-state index < -0.39 is 0 Å². The van der Waals surface area contributed by atoms with Gasteiger partial charge >= 0.3 is 5.63 Å². The highest BCUT2D eigenvalue weighted by atomic mass is 79.9. The van der Waals surface area contributed by atoms with Gasteiger partial charge in [-0.15, -0.1) is 0 Å². The third kappa shape index (κ3) is 2.75. The average Bonchev–Trinajstić information content (AvgIpc) is 3.02. The van der Waals surface area contributed by atoms with Gasteiger partial charge in [0.25, 0.3) is 0 Å². The average molecular weight is 385 g/mol. The summed E-state index contributed by atoms with van der Waals surface area (Å²) >= 11 is 3.48. The molecule has 0 aliphatic heterocycles. The molecule has 2 aromatic carbocycles. The molecular formula is C20H17BrO3. The number of hydrogen-bond donors (Lipinski definition) is 0. The van der Waals surface area contributed by atoms with Gasteiger partial charge in [0.15, 0.2) is 0 Å². The van der Waals surface area contributed by atoms with Crippen LogP contribution in [-0.2, 0) is 19.4 Å². The Morgan fingerprint density at radius 2 is 2.00 bits per heavy atom. The molecule has 1 aromatic heterocycles. The smallest absolute Gasteiger partial charge is 0.339 e. The third-order valence-corrected chi connectivity index (χ3v) is 4.96. The van der Waals surface area contributed by atoms with E-state index in [0.717, 1.165) is 57.1 Å². The van der Waals surface area contributed by atoms with Crippen LogP contribution in [0.4, 0.5) is 0 Å². The molecule has 0 fully saturated rings. The first-order valence-corrected chi connectivity index (χ1v) is 8.87. The summed E-state index contributed by atoms with van der Waals surface area (Å²) in [4.78, 5) is 12.2. The molecule has 0 radical (unpaired) electrons. The Morgan fingerprint density at radius 3 is 2.83 bits per heavy atom. The zero-order chi connectivity index (χ0) is 16.7. The lowest BCUT2D eigenvalue weighted by Gasteiger charge is -2.13. The van der Waals surface area contributed by atoms with Gasteiger partial charge in [0, 0.05) is 10.0 Å². The van der Waals surface area contributed by atoms with Crippen molar-refractivity contribution in [2.24, 2.45) is 0 Å². The molecule has 0 bridgehead atoms. The van der Waals surface area contributed by atoms with Gasteiger partial charge in [-0.05, 0) is 67.1 Å². The van der Waals surface area contributed by atoms with Crippen LogP contribution in [0.1, 0.15) is 28.7 Å². The molecule has 3 nitrogen and oxygen atoms in total. The van der Waals surface area contributed by atoms with Gasteiger partial charge in [0.1, 0.15) is 17.9 Å². The minimum atomic E-state index is -0.196. The van der Waals surface area contributed by atoms with Crippen LogP contribution in [0.25, 0.3) is 11.0 Å². The maximum atomic E-state index is 12.2. The molecule has 4 rings (SSSR count). The highest BCUT2D eigenvalue weighted by molar-refractivity contribution is 9.10. The number of benzene rings is 2. The van der Waals surface area contributed by atoms with E-state index in [-0.39, 0.29) is 5.63 Å². The molecule has 1 aliphatic rings. The molecule has 0 spiro atoms. The zero-order valence-corrected chi connectivity index (χ0v) is 15.0. The first kappa shape index (κ1) is 15.5. The second-order valence-corrected chi connectivity index (χ2v) is 7.17. The molecule has 122 valence electrons. The van der Waals surface area contributed by atoms with Crippen LogP contribution in [0.3, 0.4) is 0 Å². The van der Waals surface area contributed by atoms with Crippen molar-refractivity contribution in [1.29, 1.82) is 0 Å². The van der Waals surface area contributed by atoms with Crippen molar-refractivity contribution in [3.63, 3.8) is 0 Å². The standard InChI is InChI=1S/C20H17BrO3/c1-12-8-17(23-11-13-4-2-5-14(21)10-13)19-15-6-3-7-16(15)20(22)24-18(19)9-12/h2,4-5,8-10H,3,6-7,11H2,1H3. The van der Waals surface area contributed by atoms with Crippen LogP contribution in [-0.4, -0.2) is 0 Å². The van der Waals surface area contributed by atoms with Crippen molar-refractivity contribution in [1.82, 2.24) is 0 Å². The van der Waals surface area contributed by atoms with Crippen LogP contribution < -0.4 is 10.4 Å². The molecule has 3 aromatic rings. The predicted octanol–water partition coefficient (Wildman–Crippen LogP) is 4.93. The number of rotatable bonds is 3. The molecule has 0 unspecified atom stereocenters. The van der Waals surface area contributed by atoms with Gasteiger partial charge in [-0.2, -0.15) is 0 Å². The summed E-state index contributed by atoms with van der Waals surface area (Å²) in [6.07, 6.45) is 2.71. The lowest BCUT2D eigenvalue weighted by atomic mass is 10.0. The summed E-state index contributed by atoms with van der Waals surface area (Å²) in [5.41, 5.74) is 4.47. The Kier molecular flexibility index (Phi) is 3.93. The monoisotopic (exact) mass is 384 g/mol. The van der Waals surface area contributed by atoms with Crippen molar-refractivity contribution < 1.29 is 9.15 Å². The number of hydrogen-bond acceptors (Lipinski definition) is 3. The molecule has 1 heterocycles. The second-order valence-electron chi connectivity index (χ2n) is 6.25. The summed E-state index contributed by atoms with van der Waals surface area (Å²) in [6, 6.07) is 12.0. The van der Waals surface area contributed by atoms with Gasteiger partial charge in [0.05, 0.1) is 5.39 Å². The van der Waals surface area contributed by atoms with Gasteiger partial charge in [-0.25, -0.2) is 4.79 Å². The maximum absolute atomic E-state index is 12.2. The lowest BCUT2D eigenvalue weighted by molar-refractivity contribution is 0.309. The fourth-order valence-corrected chi connectivity index (χ4v) is 3.85. The molecule has 0 saturated heterocycles. The van der Waals surface area contributed by atoms with E-state index in [1.54, 1.807) is 0 Å². The van der Waals surface area contributed by atoms with Crippen molar-refractivity contribution in [3.8, 4) is 5.75 Å².